The van der Waals surface area contributed by atoms with Crippen molar-refractivity contribution in [1.29, 1.82) is 5.26 Å². The minimum Gasteiger partial charge on any atom is -0.466 e. The standard InChI is InChI=1S/C33H32ClN5O6S/c1-21-12-14-23(15-13-21)46(42,43)38-18-16-37(17-19-38)29-25(34)10-7-11-26(29)39-30(33(41)45-3)28(32(40)44-2)27(24(20-35)31(39)36)22-8-5-4-6-9-22/h4-15,27H,16-19,36H2,1-3H3. The van der Waals surface area contributed by atoms with Gasteiger partial charge in [-0.05, 0) is 36.8 Å². The quantitative estimate of drug-likeness (QED) is 0.368. The van der Waals surface area contributed by atoms with Gasteiger partial charge in [0.15, 0.2) is 0 Å². The van der Waals surface area contributed by atoms with Crippen LogP contribution >= 0.6 is 11.6 Å². The molecule has 11 nitrogen and oxygen atoms in total. The molecule has 1 atom stereocenters. The van der Waals surface area contributed by atoms with Gasteiger partial charge in [0, 0.05) is 26.2 Å². The predicted molar refractivity (Wildman–Crippen MR) is 173 cm³/mol. The summed E-state index contributed by atoms with van der Waals surface area (Å²) in [6, 6.07) is 22.5. The molecule has 13 heteroatoms. The molecule has 2 heterocycles. The minimum absolute atomic E-state index is 0.0131. The second-order valence-corrected chi connectivity index (χ2v) is 13.0. The van der Waals surface area contributed by atoms with Crippen molar-refractivity contribution in [2.75, 3.05) is 50.2 Å². The van der Waals surface area contributed by atoms with E-state index in [1.807, 2.05) is 11.8 Å². The van der Waals surface area contributed by atoms with E-state index < -0.39 is 27.9 Å². The Balaban J connectivity index is 1.62. The first-order chi connectivity index (χ1) is 22.0. The van der Waals surface area contributed by atoms with Crippen molar-refractivity contribution in [2.24, 2.45) is 5.73 Å². The number of esters is 2. The first kappa shape index (κ1) is 32.6. The number of nitrogens with zero attached hydrogens (tertiary/aromatic N) is 4. The lowest BCUT2D eigenvalue weighted by molar-refractivity contribution is -0.139. The Hall–Kier alpha value is -4.83. The SMILES string of the molecule is COC(=O)C1=C(C(=O)OC)N(c2cccc(Cl)c2N2CCN(S(=O)(=O)c3ccc(C)cc3)CC2)C(N)=C(C#N)C1c1ccccc1. The number of piperazine rings is 1. The number of para-hydroxylation sites is 1. The number of carbonyl (C=O) groups excluding carboxylic acids is 2. The fourth-order valence-electron chi connectivity index (χ4n) is 5.77. The zero-order valence-electron chi connectivity index (χ0n) is 25.4. The van der Waals surface area contributed by atoms with Gasteiger partial charge in [-0.1, -0.05) is 65.7 Å². The van der Waals surface area contributed by atoms with Crippen LogP contribution in [0, 0.1) is 18.3 Å². The van der Waals surface area contributed by atoms with Gasteiger partial charge in [0.1, 0.15) is 11.5 Å². The summed E-state index contributed by atoms with van der Waals surface area (Å²) >= 11 is 6.80. The molecular formula is C33H32ClN5O6S. The number of ether oxygens (including phenoxy) is 2. The summed E-state index contributed by atoms with van der Waals surface area (Å²) in [5.74, 6) is -2.87. The maximum Gasteiger partial charge on any atom is 0.355 e. The van der Waals surface area contributed by atoms with Crippen molar-refractivity contribution >= 4 is 44.9 Å². The van der Waals surface area contributed by atoms with Crippen molar-refractivity contribution < 1.29 is 27.5 Å². The third-order valence-corrected chi connectivity index (χ3v) is 10.2. The highest BCUT2D eigenvalue weighted by Gasteiger charge is 2.44. The van der Waals surface area contributed by atoms with Gasteiger partial charge < -0.3 is 20.1 Å². The summed E-state index contributed by atoms with van der Waals surface area (Å²) in [6.07, 6.45) is 0. The van der Waals surface area contributed by atoms with Gasteiger partial charge in [-0.2, -0.15) is 9.57 Å². The number of anilines is 2. The second-order valence-electron chi connectivity index (χ2n) is 10.6. The molecule has 238 valence electrons. The molecule has 0 radical (unpaired) electrons. The van der Waals surface area contributed by atoms with Crippen molar-refractivity contribution in [3.63, 3.8) is 0 Å². The Kier molecular flexibility index (Phi) is 9.39. The molecule has 0 spiro atoms. The zero-order chi connectivity index (χ0) is 33.2. The first-order valence-electron chi connectivity index (χ1n) is 14.3. The van der Waals surface area contributed by atoms with Gasteiger partial charge in [0.25, 0.3) is 0 Å². The van der Waals surface area contributed by atoms with Crippen LogP contribution in [0.2, 0.25) is 5.02 Å². The maximum absolute atomic E-state index is 13.6. The molecule has 46 heavy (non-hydrogen) atoms. The van der Waals surface area contributed by atoms with Crippen LogP contribution in [0.3, 0.4) is 0 Å². The predicted octanol–water partition coefficient (Wildman–Crippen LogP) is 4.06. The monoisotopic (exact) mass is 661 g/mol. The average molecular weight is 662 g/mol. The van der Waals surface area contributed by atoms with Crippen molar-refractivity contribution in [1.82, 2.24) is 4.31 Å². The highest BCUT2D eigenvalue weighted by Crippen LogP contribution is 2.47. The number of halogens is 1. The zero-order valence-corrected chi connectivity index (χ0v) is 27.0. The summed E-state index contributed by atoms with van der Waals surface area (Å²) in [4.78, 5) is 30.4. The van der Waals surface area contributed by atoms with Gasteiger partial charge in [0.2, 0.25) is 10.0 Å². The highest BCUT2D eigenvalue weighted by atomic mass is 35.5. The van der Waals surface area contributed by atoms with E-state index in [-0.39, 0.29) is 58.8 Å². The Morgan fingerprint density at radius 3 is 2.13 bits per heavy atom. The molecule has 1 fully saturated rings. The number of hydrogen-bond acceptors (Lipinski definition) is 10. The number of hydrogen-bond donors (Lipinski definition) is 1. The van der Waals surface area contributed by atoms with E-state index in [1.54, 1.807) is 72.8 Å². The van der Waals surface area contributed by atoms with Crippen LogP contribution in [0.25, 0.3) is 0 Å². The Morgan fingerprint density at radius 1 is 0.913 bits per heavy atom. The van der Waals surface area contributed by atoms with Crippen LogP contribution in [0.1, 0.15) is 17.0 Å². The number of methoxy groups -OCH3 is 2. The molecule has 3 aromatic carbocycles. The molecule has 0 aliphatic carbocycles. The van der Waals surface area contributed by atoms with Crippen LogP contribution in [0.15, 0.2) is 100 Å². The van der Waals surface area contributed by atoms with Gasteiger partial charge in [0.05, 0.1) is 58.6 Å². The summed E-state index contributed by atoms with van der Waals surface area (Å²) in [5.41, 5.74) is 8.59. The fourth-order valence-corrected chi connectivity index (χ4v) is 7.48. The molecule has 0 amide bonds. The van der Waals surface area contributed by atoms with E-state index in [1.165, 1.54) is 23.4 Å². The summed E-state index contributed by atoms with van der Waals surface area (Å²) in [7, 11) is -1.39. The van der Waals surface area contributed by atoms with Crippen LogP contribution < -0.4 is 15.5 Å². The Bertz CT molecular complexity index is 1880. The molecule has 3 aromatic rings. The number of benzene rings is 3. The normalized spacial score (nSPS) is 17.5. The van der Waals surface area contributed by atoms with E-state index in [4.69, 9.17) is 26.8 Å². The van der Waals surface area contributed by atoms with Crippen LogP contribution in [-0.2, 0) is 29.1 Å². The Labute approximate surface area is 272 Å². The lowest BCUT2D eigenvalue weighted by Crippen LogP contribution is -2.49. The van der Waals surface area contributed by atoms with Gasteiger partial charge in [-0.15, -0.1) is 0 Å². The van der Waals surface area contributed by atoms with Crippen molar-refractivity contribution in [3.8, 4) is 6.07 Å². The van der Waals surface area contributed by atoms with E-state index >= 15 is 0 Å². The largest absolute Gasteiger partial charge is 0.466 e. The summed E-state index contributed by atoms with van der Waals surface area (Å²) in [6.45, 7) is 2.69. The summed E-state index contributed by atoms with van der Waals surface area (Å²) in [5, 5.41) is 10.7. The molecule has 5 rings (SSSR count). The molecular weight excluding hydrogens is 630 g/mol. The molecule has 0 bridgehead atoms. The van der Waals surface area contributed by atoms with E-state index in [0.717, 1.165) is 5.56 Å². The molecule has 1 saturated heterocycles. The summed E-state index contributed by atoms with van der Waals surface area (Å²) < 4.78 is 38.5. The smallest absolute Gasteiger partial charge is 0.355 e. The van der Waals surface area contributed by atoms with E-state index in [9.17, 15) is 23.3 Å². The number of sulfonamides is 1. The number of nitrogens with two attached hydrogens (primary N) is 1. The molecule has 0 saturated carbocycles. The van der Waals surface area contributed by atoms with Gasteiger partial charge >= 0.3 is 11.9 Å². The second kappa shape index (κ2) is 13.3. The fraction of sp³-hybridized carbons (Fsp3) is 0.242. The highest BCUT2D eigenvalue weighted by molar-refractivity contribution is 7.89. The third-order valence-electron chi connectivity index (χ3n) is 8.03. The molecule has 2 N–H and O–H groups in total. The third kappa shape index (κ3) is 5.80. The van der Waals surface area contributed by atoms with Crippen molar-refractivity contribution in [2.45, 2.75) is 17.7 Å². The first-order valence-corrected chi connectivity index (χ1v) is 16.1. The maximum atomic E-state index is 13.6. The lowest BCUT2D eigenvalue weighted by Gasteiger charge is -2.40. The van der Waals surface area contributed by atoms with Crippen LogP contribution in [0.4, 0.5) is 11.4 Å². The number of rotatable bonds is 7. The number of nitriles is 1. The van der Waals surface area contributed by atoms with Gasteiger partial charge in [-0.3, -0.25) is 4.90 Å². The topological polar surface area (TPSA) is 146 Å². The average Bonchev–Trinajstić information content (AvgIpc) is 3.07. The number of aryl methyl sites for hydroxylation is 1. The van der Waals surface area contributed by atoms with E-state index in [2.05, 4.69) is 6.07 Å². The van der Waals surface area contributed by atoms with Gasteiger partial charge in [-0.25, -0.2) is 18.0 Å². The van der Waals surface area contributed by atoms with E-state index in [0.29, 0.717) is 16.9 Å². The van der Waals surface area contributed by atoms with Crippen molar-refractivity contribution in [3.05, 3.63) is 112 Å². The van der Waals surface area contributed by atoms with Crippen LogP contribution in [0.5, 0.6) is 0 Å². The Morgan fingerprint density at radius 2 is 1.54 bits per heavy atom. The van der Waals surface area contributed by atoms with Crippen LogP contribution in [-0.4, -0.2) is 65.1 Å². The molecule has 0 aromatic heterocycles. The lowest BCUT2D eigenvalue weighted by atomic mass is 9.81. The number of carbonyl (C=O) groups is 2. The number of allylic oxidation sites excluding steroid dienone is 1. The molecule has 1 unspecified atom stereocenters. The molecule has 2 aliphatic heterocycles. The minimum atomic E-state index is -3.74. The molecule has 2 aliphatic rings.